The summed E-state index contributed by atoms with van der Waals surface area (Å²) in [4.78, 5) is 0. The minimum Gasteiger partial charge on any atom is -0.228 e. The Kier molecular flexibility index (Phi) is 2.92. The average Bonchev–Trinajstić information content (AvgIpc) is 2.73. The van der Waals surface area contributed by atoms with Gasteiger partial charge < -0.3 is 0 Å². The van der Waals surface area contributed by atoms with Gasteiger partial charge >= 0.3 is 6.18 Å². The third-order valence-corrected chi connectivity index (χ3v) is 2.50. The van der Waals surface area contributed by atoms with Crippen LogP contribution in [0.25, 0.3) is 5.69 Å². The molecule has 0 N–H and O–H groups in total. The molecule has 2 rings (SSSR count). The summed E-state index contributed by atoms with van der Waals surface area (Å²) in [6, 6.07) is 8.32. The predicted molar refractivity (Wildman–Crippen MR) is 57.9 cm³/mol. The molecular formula is C12H11F3N2. The highest BCUT2D eigenvalue weighted by Crippen LogP contribution is 2.33. The van der Waals surface area contributed by atoms with E-state index in [1.165, 1.54) is 6.20 Å². The minimum absolute atomic E-state index is 0.210. The molecule has 2 nitrogen and oxygen atoms in total. The van der Waals surface area contributed by atoms with Crippen LogP contribution in [-0.2, 0) is 12.6 Å². The lowest BCUT2D eigenvalue weighted by molar-refractivity contribution is -0.143. The molecule has 0 atom stereocenters. The minimum atomic E-state index is -4.39. The van der Waals surface area contributed by atoms with Gasteiger partial charge in [0.15, 0.2) is 5.69 Å². The van der Waals surface area contributed by atoms with Gasteiger partial charge in [-0.1, -0.05) is 25.1 Å². The smallest absolute Gasteiger partial charge is 0.228 e. The quantitative estimate of drug-likeness (QED) is 0.786. The maximum atomic E-state index is 13.0. The van der Waals surface area contributed by atoms with Crippen molar-refractivity contribution in [1.29, 1.82) is 0 Å². The Morgan fingerprint density at radius 2 is 1.82 bits per heavy atom. The Morgan fingerprint density at radius 3 is 2.35 bits per heavy atom. The molecule has 0 saturated carbocycles. The second-order valence-electron chi connectivity index (χ2n) is 3.62. The highest BCUT2D eigenvalue weighted by atomic mass is 19.4. The first kappa shape index (κ1) is 11.7. The van der Waals surface area contributed by atoms with Gasteiger partial charge in [-0.3, -0.25) is 0 Å². The number of hydrogen-bond donors (Lipinski definition) is 0. The lowest BCUT2D eigenvalue weighted by Gasteiger charge is -2.12. The zero-order valence-corrected chi connectivity index (χ0v) is 9.20. The van der Waals surface area contributed by atoms with Gasteiger partial charge in [0.05, 0.1) is 11.9 Å². The zero-order chi connectivity index (χ0) is 12.5. The number of hydrogen-bond acceptors (Lipinski definition) is 1. The molecule has 0 bridgehead atoms. The topological polar surface area (TPSA) is 17.8 Å². The Morgan fingerprint density at radius 1 is 1.18 bits per heavy atom. The first-order chi connectivity index (χ1) is 8.04. The van der Waals surface area contributed by atoms with Gasteiger partial charge in [-0.25, -0.2) is 4.68 Å². The van der Waals surface area contributed by atoms with E-state index >= 15 is 0 Å². The summed E-state index contributed by atoms with van der Waals surface area (Å²) in [6.45, 7) is 1.68. The molecule has 0 unspecified atom stereocenters. The molecule has 17 heavy (non-hydrogen) atoms. The van der Waals surface area contributed by atoms with Crippen LogP contribution in [-0.4, -0.2) is 9.78 Å². The van der Waals surface area contributed by atoms with Gasteiger partial charge in [-0.15, -0.1) is 0 Å². The second-order valence-corrected chi connectivity index (χ2v) is 3.62. The van der Waals surface area contributed by atoms with E-state index in [4.69, 9.17) is 0 Å². The summed E-state index contributed by atoms with van der Waals surface area (Å²) in [5.74, 6) is 0. The number of benzene rings is 1. The van der Waals surface area contributed by atoms with E-state index in [1.807, 2.05) is 0 Å². The number of rotatable bonds is 2. The molecule has 0 radical (unpaired) electrons. The molecule has 0 fully saturated rings. The Bertz CT molecular complexity index is 500. The van der Waals surface area contributed by atoms with Gasteiger partial charge in [0.25, 0.3) is 0 Å². The van der Waals surface area contributed by atoms with Gasteiger partial charge in [-0.05, 0) is 18.6 Å². The van der Waals surface area contributed by atoms with Crippen molar-refractivity contribution in [1.82, 2.24) is 9.78 Å². The average molecular weight is 240 g/mol. The zero-order valence-electron chi connectivity index (χ0n) is 9.20. The highest BCUT2D eigenvalue weighted by molar-refractivity contribution is 5.36. The van der Waals surface area contributed by atoms with Crippen molar-refractivity contribution in [2.45, 2.75) is 19.5 Å². The molecule has 90 valence electrons. The number of nitrogens with zero attached hydrogens (tertiary/aromatic N) is 2. The SMILES string of the molecule is CCc1cnn(-c2ccccc2)c1C(F)(F)F. The highest BCUT2D eigenvalue weighted by Gasteiger charge is 2.37. The number of halogens is 3. The lowest BCUT2D eigenvalue weighted by atomic mass is 10.2. The fourth-order valence-electron chi connectivity index (χ4n) is 1.71. The maximum absolute atomic E-state index is 13.0. The summed E-state index contributed by atoms with van der Waals surface area (Å²) in [5.41, 5.74) is -0.0629. The largest absolute Gasteiger partial charge is 0.433 e. The summed E-state index contributed by atoms with van der Waals surface area (Å²) in [6.07, 6.45) is -2.81. The monoisotopic (exact) mass is 240 g/mol. The molecule has 0 aliphatic heterocycles. The summed E-state index contributed by atoms with van der Waals surface area (Å²) in [5, 5.41) is 3.82. The Balaban J connectivity index is 2.60. The van der Waals surface area contributed by atoms with E-state index in [9.17, 15) is 13.2 Å². The number of para-hydroxylation sites is 1. The molecule has 1 heterocycles. The van der Waals surface area contributed by atoms with Crippen molar-refractivity contribution in [2.24, 2.45) is 0 Å². The molecule has 0 amide bonds. The molecule has 0 aliphatic rings. The van der Waals surface area contributed by atoms with E-state index in [0.717, 1.165) is 4.68 Å². The van der Waals surface area contributed by atoms with Gasteiger partial charge in [0.2, 0.25) is 0 Å². The summed E-state index contributed by atoms with van der Waals surface area (Å²) >= 11 is 0. The molecule has 0 spiro atoms. The van der Waals surface area contributed by atoms with Gasteiger partial charge in [-0.2, -0.15) is 18.3 Å². The van der Waals surface area contributed by atoms with E-state index in [-0.39, 0.29) is 5.56 Å². The first-order valence-electron chi connectivity index (χ1n) is 5.23. The van der Waals surface area contributed by atoms with Crippen LogP contribution < -0.4 is 0 Å². The van der Waals surface area contributed by atoms with E-state index in [0.29, 0.717) is 12.1 Å². The maximum Gasteiger partial charge on any atom is 0.433 e. The van der Waals surface area contributed by atoms with Gasteiger partial charge in [0.1, 0.15) is 0 Å². The van der Waals surface area contributed by atoms with Crippen molar-refractivity contribution < 1.29 is 13.2 Å². The van der Waals surface area contributed by atoms with Crippen molar-refractivity contribution in [3.05, 3.63) is 47.8 Å². The first-order valence-corrected chi connectivity index (χ1v) is 5.23. The molecule has 1 aromatic carbocycles. The Labute approximate surface area is 96.7 Å². The van der Waals surface area contributed by atoms with Crippen LogP contribution in [0.5, 0.6) is 0 Å². The van der Waals surface area contributed by atoms with Crippen LogP contribution in [0.3, 0.4) is 0 Å². The molecule has 0 saturated heterocycles. The van der Waals surface area contributed by atoms with Crippen LogP contribution in [0.1, 0.15) is 18.2 Å². The summed E-state index contributed by atoms with van der Waals surface area (Å²) in [7, 11) is 0. The number of aryl methyl sites for hydroxylation is 1. The molecule has 0 aliphatic carbocycles. The van der Waals surface area contributed by atoms with Crippen LogP contribution in [0.15, 0.2) is 36.5 Å². The Hall–Kier alpha value is -1.78. The molecule has 2 aromatic rings. The summed E-state index contributed by atoms with van der Waals surface area (Å²) < 4.78 is 39.8. The standard InChI is InChI=1S/C12H11F3N2/c1-2-9-8-16-17(11(9)12(13,14)15)10-6-4-3-5-7-10/h3-8H,2H2,1H3. The van der Waals surface area contributed by atoms with E-state index in [1.54, 1.807) is 37.3 Å². The fraction of sp³-hybridized carbons (Fsp3) is 0.250. The van der Waals surface area contributed by atoms with E-state index in [2.05, 4.69) is 5.10 Å². The predicted octanol–water partition coefficient (Wildman–Crippen LogP) is 3.45. The van der Waals surface area contributed by atoms with Crippen LogP contribution in [0.2, 0.25) is 0 Å². The van der Waals surface area contributed by atoms with Crippen molar-refractivity contribution in [3.8, 4) is 5.69 Å². The third-order valence-electron chi connectivity index (χ3n) is 2.50. The second kappa shape index (κ2) is 4.24. The molecule has 5 heteroatoms. The number of alkyl halides is 3. The van der Waals surface area contributed by atoms with Crippen molar-refractivity contribution in [3.63, 3.8) is 0 Å². The van der Waals surface area contributed by atoms with Gasteiger partial charge in [0, 0.05) is 5.56 Å². The lowest BCUT2D eigenvalue weighted by Crippen LogP contribution is -2.15. The van der Waals surface area contributed by atoms with Crippen LogP contribution in [0, 0.1) is 0 Å². The van der Waals surface area contributed by atoms with Crippen molar-refractivity contribution >= 4 is 0 Å². The fourth-order valence-corrected chi connectivity index (χ4v) is 1.71. The molecular weight excluding hydrogens is 229 g/mol. The number of aromatic nitrogens is 2. The van der Waals surface area contributed by atoms with Crippen LogP contribution in [0.4, 0.5) is 13.2 Å². The van der Waals surface area contributed by atoms with E-state index < -0.39 is 11.9 Å². The van der Waals surface area contributed by atoms with Crippen LogP contribution >= 0.6 is 0 Å². The molecule has 1 aromatic heterocycles. The normalized spacial score (nSPS) is 11.8. The van der Waals surface area contributed by atoms with Crippen molar-refractivity contribution in [2.75, 3.05) is 0 Å². The third kappa shape index (κ3) is 2.18.